The van der Waals surface area contributed by atoms with Crippen molar-refractivity contribution in [3.8, 4) is 11.8 Å². The number of carbonyl (C=O) groups is 1. The predicted octanol–water partition coefficient (Wildman–Crippen LogP) is 3.49. The largest absolute Gasteiger partial charge is 0.478 e. The molecule has 0 unspecified atom stereocenters. The molecule has 0 aliphatic rings. The van der Waals surface area contributed by atoms with E-state index >= 15 is 0 Å². The zero-order valence-electron chi connectivity index (χ0n) is 11.9. The van der Waals surface area contributed by atoms with Crippen LogP contribution in [0.25, 0.3) is 6.08 Å². The quantitative estimate of drug-likeness (QED) is 0.851. The van der Waals surface area contributed by atoms with Gasteiger partial charge < -0.3 is 9.84 Å². The molecular weight excluding hydrogens is 268 g/mol. The molecule has 1 aromatic heterocycles. The summed E-state index contributed by atoms with van der Waals surface area (Å²) in [4.78, 5) is 18.6. The first-order valence-electron chi connectivity index (χ1n) is 6.56. The minimum atomic E-state index is -1.01. The van der Waals surface area contributed by atoms with Crippen LogP contribution in [-0.4, -0.2) is 21.0 Å². The molecule has 0 saturated heterocycles. The van der Waals surface area contributed by atoms with Gasteiger partial charge in [0.1, 0.15) is 5.75 Å². The summed E-state index contributed by atoms with van der Waals surface area (Å²) >= 11 is 0. The highest BCUT2D eigenvalue weighted by Gasteiger charge is 2.09. The van der Waals surface area contributed by atoms with Gasteiger partial charge in [0.15, 0.2) is 0 Å². The van der Waals surface area contributed by atoms with Gasteiger partial charge in [-0.2, -0.15) is 0 Å². The molecule has 0 spiro atoms. The summed E-state index contributed by atoms with van der Waals surface area (Å²) in [7, 11) is 0. The summed E-state index contributed by atoms with van der Waals surface area (Å²) < 4.78 is 5.69. The normalized spacial score (nSPS) is 11.0. The number of benzene rings is 1. The third-order valence-electron chi connectivity index (χ3n) is 2.81. The standard InChI is InChI=1S/C16H16N2O3/c1-11(2)13-5-3-4-6-14(13)21-16-17-9-12(10-18-16)7-8-15(19)20/h3-11H,1-2H3,(H,19,20)/b8-7+. The monoisotopic (exact) mass is 284 g/mol. The van der Waals surface area contributed by atoms with Crippen molar-refractivity contribution in [1.29, 1.82) is 0 Å². The van der Waals surface area contributed by atoms with Crippen LogP contribution in [-0.2, 0) is 4.79 Å². The molecule has 5 heteroatoms. The molecule has 0 radical (unpaired) electrons. The van der Waals surface area contributed by atoms with Crippen molar-refractivity contribution < 1.29 is 14.6 Å². The van der Waals surface area contributed by atoms with Crippen LogP contribution in [0.4, 0.5) is 0 Å². The Morgan fingerprint density at radius 2 is 1.90 bits per heavy atom. The minimum Gasteiger partial charge on any atom is -0.478 e. The number of aromatic nitrogens is 2. The fraction of sp³-hybridized carbons (Fsp3) is 0.188. The van der Waals surface area contributed by atoms with E-state index in [4.69, 9.17) is 9.84 Å². The Kier molecular flexibility index (Phi) is 4.66. The first-order chi connectivity index (χ1) is 10.1. The molecule has 0 bridgehead atoms. The molecule has 5 nitrogen and oxygen atoms in total. The van der Waals surface area contributed by atoms with Crippen molar-refractivity contribution in [3.63, 3.8) is 0 Å². The van der Waals surface area contributed by atoms with Gasteiger partial charge in [-0.1, -0.05) is 32.0 Å². The highest BCUT2D eigenvalue weighted by molar-refractivity contribution is 5.85. The second-order valence-electron chi connectivity index (χ2n) is 4.77. The van der Waals surface area contributed by atoms with Gasteiger partial charge in [-0.3, -0.25) is 0 Å². The minimum absolute atomic E-state index is 0.232. The highest BCUT2D eigenvalue weighted by atomic mass is 16.5. The van der Waals surface area contributed by atoms with E-state index < -0.39 is 5.97 Å². The Hall–Kier alpha value is -2.69. The molecule has 0 fully saturated rings. The molecular formula is C16H16N2O3. The van der Waals surface area contributed by atoms with Crippen LogP contribution >= 0.6 is 0 Å². The van der Waals surface area contributed by atoms with E-state index in [1.165, 1.54) is 18.5 Å². The molecule has 0 aliphatic heterocycles. The van der Waals surface area contributed by atoms with Crippen molar-refractivity contribution in [2.75, 3.05) is 0 Å². The van der Waals surface area contributed by atoms with Gasteiger partial charge in [0, 0.05) is 24.0 Å². The van der Waals surface area contributed by atoms with Gasteiger partial charge in [-0.25, -0.2) is 14.8 Å². The average Bonchev–Trinajstić information content (AvgIpc) is 2.47. The number of ether oxygens (including phenoxy) is 1. The Labute approximate surface area is 122 Å². The average molecular weight is 284 g/mol. The van der Waals surface area contributed by atoms with E-state index in [0.29, 0.717) is 11.5 Å². The van der Waals surface area contributed by atoms with Gasteiger partial charge in [-0.15, -0.1) is 0 Å². The first-order valence-corrected chi connectivity index (χ1v) is 6.56. The second-order valence-corrected chi connectivity index (χ2v) is 4.77. The summed E-state index contributed by atoms with van der Waals surface area (Å²) in [6.45, 7) is 4.17. The molecule has 21 heavy (non-hydrogen) atoms. The molecule has 0 amide bonds. The molecule has 0 saturated carbocycles. The Balaban J connectivity index is 2.16. The summed E-state index contributed by atoms with van der Waals surface area (Å²) in [5.41, 5.74) is 1.68. The fourth-order valence-electron chi connectivity index (χ4n) is 1.78. The van der Waals surface area contributed by atoms with Crippen LogP contribution in [0.1, 0.15) is 30.9 Å². The smallest absolute Gasteiger partial charge is 0.328 e. The zero-order valence-corrected chi connectivity index (χ0v) is 11.9. The topological polar surface area (TPSA) is 72.3 Å². The number of carboxylic acids is 1. The zero-order chi connectivity index (χ0) is 15.2. The Morgan fingerprint density at radius 1 is 1.24 bits per heavy atom. The highest BCUT2D eigenvalue weighted by Crippen LogP contribution is 2.28. The number of aliphatic carboxylic acids is 1. The van der Waals surface area contributed by atoms with Crippen LogP contribution in [0.2, 0.25) is 0 Å². The van der Waals surface area contributed by atoms with Crippen LogP contribution in [0.3, 0.4) is 0 Å². The third-order valence-corrected chi connectivity index (χ3v) is 2.81. The van der Waals surface area contributed by atoms with Gasteiger partial charge in [-0.05, 0) is 23.6 Å². The predicted molar refractivity (Wildman–Crippen MR) is 79.3 cm³/mol. The van der Waals surface area contributed by atoms with Gasteiger partial charge in [0.25, 0.3) is 0 Å². The van der Waals surface area contributed by atoms with Gasteiger partial charge in [0.05, 0.1) is 0 Å². The summed E-state index contributed by atoms with van der Waals surface area (Å²) in [5.74, 6) is 0.0430. The maximum Gasteiger partial charge on any atom is 0.328 e. The Bertz CT molecular complexity index is 649. The SMILES string of the molecule is CC(C)c1ccccc1Oc1ncc(/C=C/C(=O)O)cn1. The van der Waals surface area contributed by atoms with E-state index in [0.717, 1.165) is 17.4 Å². The third kappa shape index (κ3) is 4.14. The maximum atomic E-state index is 10.4. The molecule has 1 heterocycles. The van der Waals surface area contributed by atoms with E-state index in [1.807, 2.05) is 24.3 Å². The summed E-state index contributed by atoms with van der Waals surface area (Å²) in [6, 6.07) is 7.96. The molecule has 0 aliphatic carbocycles. The van der Waals surface area contributed by atoms with Crippen LogP contribution in [0.5, 0.6) is 11.8 Å². The lowest BCUT2D eigenvalue weighted by atomic mass is 10.0. The van der Waals surface area contributed by atoms with Crippen LogP contribution in [0, 0.1) is 0 Å². The van der Waals surface area contributed by atoms with Crippen molar-refractivity contribution in [2.24, 2.45) is 0 Å². The fourth-order valence-corrected chi connectivity index (χ4v) is 1.78. The van der Waals surface area contributed by atoms with E-state index in [2.05, 4.69) is 23.8 Å². The first kappa shape index (κ1) is 14.7. The lowest BCUT2D eigenvalue weighted by molar-refractivity contribution is -0.131. The van der Waals surface area contributed by atoms with Crippen molar-refractivity contribution in [1.82, 2.24) is 9.97 Å². The molecule has 2 aromatic rings. The van der Waals surface area contributed by atoms with E-state index in [-0.39, 0.29) is 6.01 Å². The summed E-state index contributed by atoms with van der Waals surface area (Å²) in [5, 5.41) is 8.55. The Morgan fingerprint density at radius 3 is 2.52 bits per heavy atom. The number of rotatable bonds is 5. The summed E-state index contributed by atoms with van der Waals surface area (Å²) in [6.07, 6.45) is 5.49. The number of carboxylic acid groups (broad SMARTS) is 1. The number of para-hydroxylation sites is 1. The van der Waals surface area contributed by atoms with E-state index in [1.54, 1.807) is 0 Å². The lowest BCUT2D eigenvalue weighted by Crippen LogP contribution is -1.97. The number of hydrogen-bond donors (Lipinski definition) is 1. The molecule has 0 atom stereocenters. The lowest BCUT2D eigenvalue weighted by Gasteiger charge is -2.12. The van der Waals surface area contributed by atoms with Crippen LogP contribution in [0.15, 0.2) is 42.7 Å². The van der Waals surface area contributed by atoms with E-state index in [9.17, 15) is 4.79 Å². The number of nitrogens with zero attached hydrogens (tertiary/aromatic N) is 2. The van der Waals surface area contributed by atoms with Gasteiger partial charge >= 0.3 is 12.0 Å². The van der Waals surface area contributed by atoms with Crippen molar-refractivity contribution in [3.05, 3.63) is 53.9 Å². The number of hydrogen-bond acceptors (Lipinski definition) is 4. The molecule has 108 valence electrons. The van der Waals surface area contributed by atoms with Gasteiger partial charge in [0.2, 0.25) is 0 Å². The molecule has 1 aromatic carbocycles. The van der Waals surface area contributed by atoms with Crippen molar-refractivity contribution in [2.45, 2.75) is 19.8 Å². The van der Waals surface area contributed by atoms with Crippen molar-refractivity contribution >= 4 is 12.0 Å². The molecule has 1 N–H and O–H groups in total. The second kappa shape index (κ2) is 6.65. The molecule has 2 rings (SSSR count). The van der Waals surface area contributed by atoms with Crippen LogP contribution < -0.4 is 4.74 Å². The maximum absolute atomic E-state index is 10.4.